The van der Waals surface area contributed by atoms with Crippen molar-refractivity contribution in [3.8, 4) is 11.5 Å². The molecule has 0 unspecified atom stereocenters. The van der Waals surface area contributed by atoms with Crippen LogP contribution in [-0.2, 0) is 4.79 Å². The molecule has 0 saturated carbocycles. The van der Waals surface area contributed by atoms with Crippen molar-refractivity contribution in [2.75, 3.05) is 0 Å². The van der Waals surface area contributed by atoms with Crippen molar-refractivity contribution < 1.29 is 23.4 Å². The van der Waals surface area contributed by atoms with Gasteiger partial charge < -0.3 is 9.84 Å². The van der Waals surface area contributed by atoms with Crippen LogP contribution in [0.25, 0.3) is 0 Å². The first-order valence-corrected chi connectivity index (χ1v) is 5.37. The number of phenols is 1. The smallest absolute Gasteiger partial charge is 0.308 e. The van der Waals surface area contributed by atoms with Crippen molar-refractivity contribution in [1.82, 2.24) is 0 Å². The van der Waals surface area contributed by atoms with E-state index in [0.29, 0.717) is 0 Å². The van der Waals surface area contributed by atoms with Crippen molar-refractivity contribution in [2.24, 2.45) is 0 Å². The molecule has 0 spiro atoms. The van der Waals surface area contributed by atoms with Gasteiger partial charge in [0.2, 0.25) is 0 Å². The number of rotatable bonds is 1. The summed E-state index contributed by atoms with van der Waals surface area (Å²) in [5.41, 5.74) is 0. The Morgan fingerprint density at radius 3 is 1.95 bits per heavy atom. The molecule has 0 aliphatic rings. The number of hydrogen-bond donors (Lipinski definition) is 1. The summed E-state index contributed by atoms with van der Waals surface area (Å²) in [7, 11) is 0. The number of hydrogen-bond acceptors (Lipinski definition) is 3. The monoisotopic (exact) mass is 266 g/mol. The van der Waals surface area contributed by atoms with Crippen molar-refractivity contribution in [3.05, 3.63) is 60.2 Å². The summed E-state index contributed by atoms with van der Waals surface area (Å²) in [6.07, 6.45) is 0. The topological polar surface area (TPSA) is 46.5 Å². The largest absolute Gasteiger partial charge is 0.505 e. The summed E-state index contributed by atoms with van der Waals surface area (Å²) >= 11 is 0. The minimum Gasteiger partial charge on any atom is -0.505 e. The highest BCUT2D eigenvalue weighted by Gasteiger charge is 2.02. The van der Waals surface area contributed by atoms with E-state index in [1.54, 1.807) is 12.1 Å². The lowest BCUT2D eigenvalue weighted by molar-refractivity contribution is -0.132. The fourth-order valence-corrected chi connectivity index (χ4v) is 1.13. The Bertz CT molecular complexity index is 535. The molecule has 0 amide bonds. The third kappa shape index (κ3) is 5.16. The van der Waals surface area contributed by atoms with Gasteiger partial charge in [0, 0.05) is 6.92 Å². The van der Waals surface area contributed by atoms with Crippen LogP contribution >= 0.6 is 0 Å². The molecule has 0 fully saturated rings. The first kappa shape index (κ1) is 14.6. The predicted molar refractivity (Wildman–Crippen MR) is 65.8 cm³/mol. The van der Waals surface area contributed by atoms with E-state index in [1.807, 2.05) is 0 Å². The fourth-order valence-electron chi connectivity index (χ4n) is 1.13. The maximum absolute atomic E-state index is 12.7. The summed E-state index contributed by atoms with van der Waals surface area (Å²) in [5.74, 6) is -1.95. The molecular formula is C14H12F2O3. The molecule has 2 rings (SSSR count). The molecule has 2 aromatic rings. The highest BCUT2D eigenvalue weighted by Crippen LogP contribution is 2.15. The number of ether oxygens (including phenoxy) is 1. The molecule has 0 radical (unpaired) electrons. The van der Waals surface area contributed by atoms with Crippen molar-refractivity contribution in [1.29, 1.82) is 0 Å². The number of carbonyl (C=O) groups excluding carboxylic acids is 1. The van der Waals surface area contributed by atoms with E-state index in [2.05, 4.69) is 4.74 Å². The number of para-hydroxylation sites is 2. The number of aromatic hydroxyl groups is 1. The summed E-state index contributed by atoms with van der Waals surface area (Å²) in [6.45, 7) is 1.23. The van der Waals surface area contributed by atoms with Gasteiger partial charge in [0.15, 0.2) is 23.1 Å². The van der Waals surface area contributed by atoms with E-state index >= 15 is 0 Å². The Hall–Kier alpha value is -2.43. The lowest BCUT2D eigenvalue weighted by atomic mass is 10.3. The standard InChI is InChI=1S/C8H7FO2.C6H5FO/c1-6(10)11-8-5-3-2-4-7(8)9;7-5-3-1-2-4-6(5)8/h2-5H,1H3;1-4,8H. The van der Waals surface area contributed by atoms with E-state index in [0.717, 1.165) is 0 Å². The molecule has 5 heteroatoms. The maximum atomic E-state index is 12.7. The van der Waals surface area contributed by atoms with Gasteiger partial charge in [-0.3, -0.25) is 4.79 Å². The molecule has 100 valence electrons. The average molecular weight is 266 g/mol. The summed E-state index contributed by atoms with van der Waals surface area (Å²) in [5, 5.41) is 8.54. The van der Waals surface area contributed by atoms with E-state index in [4.69, 9.17) is 5.11 Å². The second kappa shape index (κ2) is 7.10. The molecule has 1 N–H and O–H groups in total. The van der Waals surface area contributed by atoms with Crippen LogP contribution in [0.2, 0.25) is 0 Å². The Kier molecular flexibility index (Phi) is 5.47. The maximum Gasteiger partial charge on any atom is 0.308 e. The van der Waals surface area contributed by atoms with Gasteiger partial charge in [-0.15, -0.1) is 0 Å². The van der Waals surface area contributed by atoms with Crippen LogP contribution in [0, 0.1) is 11.6 Å². The summed E-state index contributed by atoms with van der Waals surface area (Å²) in [4.78, 5) is 10.4. The van der Waals surface area contributed by atoms with Gasteiger partial charge >= 0.3 is 5.97 Å². The number of carbonyl (C=O) groups is 1. The lowest BCUT2D eigenvalue weighted by Gasteiger charge is -2.00. The van der Waals surface area contributed by atoms with E-state index < -0.39 is 17.6 Å². The molecule has 0 heterocycles. The lowest BCUT2D eigenvalue weighted by Crippen LogP contribution is -2.02. The third-order valence-corrected chi connectivity index (χ3v) is 1.94. The van der Waals surface area contributed by atoms with Crippen molar-refractivity contribution in [3.63, 3.8) is 0 Å². The molecule has 0 aliphatic heterocycles. The number of phenolic OH excluding ortho intramolecular Hbond substituents is 1. The molecule has 0 saturated heterocycles. The highest BCUT2D eigenvalue weighted by molar-refractivity contribution is 5.69. The second-order valence-electron chi connectivity index (χ2n) is 3.48. The minimum absolute atomic E-state index is 0.0278. The molecule has 19 heavy (non-hydrogen) atoms. The van der Waals surface area contributed by atoms with Gasteiger partial charge in [0.1, 0.15) is 0 Å². The van der Waals surface area contributed by atoms with E-state index in [1.165, 1.54) is 43.3 Å². The average Bonchev–Trinajstić information content (AvgIpc) is 2.36. The van der Waals surface area contributed by atoms with Crippen LogP contribution in [0.15, 0.2) is 48.5 Å². The first-order chi connectivity index (χ1) is 9.00. The van der Waals surface area contributed by atoms with Crippen LogP contribution in [0.1, 0.15) is 6.92 Å². The fraction of sp³-hybridized carbons (Fsp3) is 0.0714. The Morgan fingerprint density at radius 2 is 1.53 bits per heavy atom. The zero-order valence-corrected chi connectivity index (χ0v) is 10.1. The van der Waals surface area contributed by atoms with Crippen LogP contribution < -0.4 is 4.74 Å². The van der Waals surface area contributed by atoms with Crippen LogP contribution in [-0.4, -0.2) is 11.1 Å². The molecule has 0 atom stereocenters. The van der Waals surface area contributed by atoms with Gasteiger partial charge in [-0.25, -0.2) is 8.78 Å². The Balaban J connectivity index is 0.000000200. The summed E-state index contributed by atoms with van der Waals surface area (Å²) < 4.78 is 29.3. The normalized spacial score (nSPS) is 9.21. The quantitative estimate of drug-likeness (QED) is 0.636. The van der Waals surface area contributed by atoms with Gasteiger partial charge in [-0.2, -0.15) is 0 Å². The number of esters is 1. The third-order valence-electron chi connectivity index (χ3n) is 1.94. The van der Waals surface area contributed by atoms with Crippen molar-refractivity contribution >= 4 is 5.97 Å². The van der Waals surface area contributed by atoms with Gasteiger partial charge in [-0.1, -0.05) is 24.3 Å². The second-order valence-corrected chi connectivity index (χ2v) is 3.48. The minimum atomic E-state index is -0.576. The van der Waals surface area contributed by atoms with E-state index in [9.17, 15) is 13.6 Å². The van der Waals surface area contributed by atoms with Crippen LogP contribution in [0.3, 0.4) is 0 Å². The Labute approximate surface area is 109 Å². The van der Waals surface area contributed by atoms with Gasteiger partial charge in [-0.05, 0) is 24.3 Å². The molecule has 3 nitrogen and oxygen atoms in total. The number of benzene rings is 2. The molecule has 0 aromatic heterocycles. The Morgan fingerprint density at radius 1 is 1.00 bits per heavy atom. The van der Waals surface area contributed by atoms with E-state index in [-0.39, 0.29) is 11.5 Å². The molecule has 0 bridgehead atoms. The number of halogens is 2. The highest BCUT2D eigenvalue weighted by atomic mass is 19.1. The zero-order chi connectivity index (χ0) is 14.3. The first-order valence-electron chi connectivity index (χ1n) is 5.37. The zero-order valence-electron chi connectivity index (χ0n) is 10.1. The molecular weight excluding hydrogens is 254 g/mol. The van der Waals surface area contributed by atoms with Crippen LogP contribution in [0.5, 0.6) is 11.5 Å². The summed E-state index contributed by atoms with van der Waals surface area (Å²) in [6, 6.07) is 11.4. The molecule has 0 aliphatic carbocycles. The van der Waals surface area contributed by atoms with Gasteiger partial charge in [0.25, 0.3) is 0 Å². The van der Waals surface area contributed by atoms with Crippen LogP contribution in [0.4, 0.5) is 8.78 Å². The van der Waals surface area contributed by atoms with Crippen molar-refractivity contribution in [2.45, 2.75) is 6.92 Å². The molecule has 2 aromatic carbocycles. The predicted octanol–water partition coefficient (Wildman–Crippen LogP) is 3.28. The SMILES string of the molecule is CC(=O)Oc1ccccc1F.Oc1ccccc1F. The van der Waals surface area contributed by atoms with Gasteiger partial charge in [0.05, 0.1) is 0 Å².